The highest BCUT2D eigenvalue weighted by Gasteiger charge is 2.14. The van der Waals surface area contributed by atoms with Crippen molar-refractivity contribution in [3.8, 4) is 0 Å². The van der Waals surface area contributed by atoms with Crippen molar-refractivity contribution in [2.24, 2.45) is 5.73 Å². The average molecular weight is 281 g/mol. The Bertz CT molecular complexity index is 453. The number of halogens is 1. The predicted molar refractivity (Wildman–Crippen MR) is 80.5 cm³/mol. The molecule has 112 valence electrons. The van der Waals surface area contributed by atoms with Gasteiger partial charge in [-0.2, -0.15) is 0 Å². The fraction of sp³-hybridized carbons (Fsp3) is 0.533. The summed E-state index contributed by atoms with van der Waals surface area (Å²) in [4.78, 5) is 14.7. The molecule has 1 rings (SSSR count). The number of amides is 1. The lowest BCUT2D eigenvalue weighted by atomic mass is 10.1. The first-order chi connectivity index (χ1) is 9.35. The van der Waals surface area contributed by atoms with E-state index < -0.39 is 0 Å². The Balaban J connectivity index is 2.79. The summed E-state index contributed by atoms with van der Waals surface area (Å²) in [6.07, 6.45) is 0. The minimum atomic E-state index is -0.353. The van der Waals surface area contributed by atoms with Crippen LogP contribution in [0.4, 0.5) is 10.1 Å². The number of anilines is 1. The van der Waals surface area contributed by atoms with E-state index in [0.717, 1.165) is 11.1 Å². The molecular formula is C15H24FN3O. The van der Waals surface area contributed by atoms with Crippen LogP contribution in [0.25, 0.3) is 0 Å². The molecule has 5 heteroatoms. The molecule has 0 aliphatic heterocycles. The van der Waals surface area contributed by atoms with Crippen LogP contribution >= 0.6 is 0 Å². The molecule has 0 unspecified atom stereocenters. The van der Waals surface area contributed by atoms with Crippen LogP contribution < -0.4 is 10.6 Å². The zero-order chi connectivity index (χ0) is 15.3. The van der Waals surface area contributed by atoms with E-state index in [1.807, 2.05) is 43.7 Å². The molecule has 0 radical (unpaired) electrons. The molecule has 0 aliphatic rings. The minimum absolute atomic E-state index is 0.193. The third-order valence-corrected chi connectivity index (χ3v) is 3.27. The van der Waals surface area contributed by atoms with Crippen LogP contribution in [0.15, 0.2) is 12.1 Å². The molecule has 1 amide bonds. The van der Waals surface area contributed by atoms with Crippen molar-refractivity contribution in [3.05, 3.63) is 29.1 Å². The summed E-state index contributed by atoms with van der Waals surface area (Å²) in [7, 11) is 1.83. The molecule has 0 heterocycles. The van der Waals surface area contributed by atoms with E-state index in [1.54, 1.807) is 6.07 Å². The summed E-state index contributed by atoms with van der Waals surface area (Å²) >= 11 is 0. The summed E-state index contributed by atoms with van der Waals surface area (Å²) < 4.78 is 14.2. The Morgan fingerprint density at radius 3 is 2.45 bits per heavy atom. The second-order valence-corrected chi connectivity index (χ2v) is 5.20. The third kappa shape index (κ3) is 4.49. The van der Waals surface area contributed by atoms with Crippen LogP contribution in [0, 0.1) is 19.7 Å². The lowest BCUT2D eigenvalue weighted by molar-refractivity contribution is -0.118. The van der Waals surface area contributed by atoms with Crippen LogP contribution in [-0.4, -0.2) is 44.0 Å². The maximum atomic E-state index is 14.2. The summed E-state index contributed by atoms with van der Waals surface area (Å²) in [5.74, 6) is -0.546. The normalized spacial score (nSPS) is 10.9. The number of hydrogen-bond acceptors (Lipinski definition) is 3. The fourth-order valence-electron chi connectivity index (χ4n) is 2.37. The molecule has 2 N–H and O–H groups in total. The molecule has 0 atom stereocenters. The maximum Gasteiger partial charge on any atom is 0.231 e. The van der Waals surface area contributed by atoms with Gasteiger partial charge in [-0.15, -0.1) is 0 Å². The summed E-state index contributed by atoms with van der Waals surface area (Å²) in [6, 6.07) is 3.53. The van der Waals surface area contributed by atoms with Crippen molar-refractivity contribution >= 4 is 11.6 Å². The fourth-order valence-corrected chi connectivity index (χ4v) is 2.37. The quantitative estimate of drug-likeness (QED) is 0.827. The van der Waals surface area contributed by atoms with Crippen molar-refractivity contribution < 1.29 is 9.18 Å². The predicted octanol–water partition coefficient (Wildman–Crippen LogP) is 1.69. The van der Waals surface area contributed by atoms with E-state index in [0.29, 0.717) is 25.3 Å². The Hall–Kier alpha value is -1.62. The van der Waals surface area contributed by atoms with Gasteiger partial charge in [0.25, 0.3) is 0 Å². The molecule has 0 spiro atoms. The topological polar surface area (TPSA) is 49.6 Å². The van der Waals surface area contributed by atoms with E-state index in [9.17, 15) is 9.18 Å². The number of nitrogens with two attached hydrogens (primary N) is 1. The highest BCUT2D eigenvalue weighted by atomic mass is 19.1. The van der Waals surface area contributed by atoms with Gasteiger partial charge in [0, 0.05) is 19.6 Å². The lowest BCUT2D eigenvalue weighted by Gasteiger charge is -2.28. The van der Waals surface area contributed by atoms with E-state index in [-0.39, 0.29) is 18.3 Å². The molecule has 20 heavy (non-hydrogen) atoms. The van der Waals surface area contributed by atoms with Crippen LogP contribution in [0.5, 0.6) is 0 Å². The Morgan fingerprint density at radius 2 is 1.95 bits per heavy atom. The SMILES string of the molecule is CCN(CCN(C)CC(N)=O)c1c(C)cc(C)cc1F. The zero-order valence-electron chi connectivity index (χ0n) is 12.7. The van der Waals surface area contributed by atoms with E-state index in [1.165, 1.54) is 0 Å². The van der Waals surface area contributed by atoms with Crippen LogP contribution in [0.3, 0.4) is 0 Å². The molecule has 0 fully saturated rings. The smallest absolute Gasteiger partial charge is 0.231 e. The highest BCUT2D eigenvalue weighted by molar-refractivity contribution is 5.75. The first-order valence-corrected chi connectivity index (χ1v) is 6.83. The van der Waals surface area contributed by atoms with E-state index in [2.05, 4.69) is 0 Å². The van der Waals surface area contributed by atoms with Crippen LogP contribution in [0.2, 0.25) is 0 Å². The van der Waals surface area contributed by atoms with Crippen molar-refractivity contribution in [2.75, 3.05) is 38.1 Å². The molecule has 0 aromatic heterocycles. The number of likely N-dealkylation sites (N-methyl/N-ethyl adjacent to an activating group) is 2. The summed E-state index contributed by atoms with van der Waals surface area (Å²) in [5, 5.41) is 0. The van der Waals surface area contributed by atoms with Gasteiger partial charge in [0.15, 0.2) is 0 Å². The van der Waals surface area contributed by atoms with Gasteiger partial charge in [0.2, 0.25) is 5.91 Å². The maximum absolute atomic E-state index is 14.2. The largest absolute Gasteiger partial charge is 0.369 e. The van der Waals surface area contributed by atoms with Gasteiger partial charge in [-0.05, 0) is 45.0 Å². The average Bonchev–Trinajstić information content (AvgIpc) is 2.31. The molecule has 1 aromatic rings. The van der Waals surface area contributed by atoms with Crippen LogP contribution in [-0.2, 0) is 4.79 Å². The molecule has 1 aromatic carbocycles. The third-order valence-electron chi connectivity index (χ3n) is 3.27. The molecule has 0 aliphatic carbocycles. The van der Waals surface area contributed by atoms with Gasteiger partial charge in [-0.1, -0.05) is 6.07 Å². The number of nitrogens with zero attached hydrogens (tertiary/aromatic N) is 2. The first-order valence-electron chi connectivity index (χ1n) is 6.83. The molecular weight excluding hydrogens is 257 g/mol. The number of aryl methyl sites for hydroxylation is 2. The van der Waals surface area contributed by atoms with Gasteiger partial charge >= 0.3 is 0 Å². The highest BCUT2D eigenvalue weighted by Crippen LogP contribution is 2.25. The molecule has 4 nitrogen and oxygen atoms in total. The number of carbonyl (C=O) groups is 1. The molecule has 0 saturated carbocycles. The Morgan fingerprint density at radius 1 is 1.30 bits per heavy atom. The summed E-state index contributed by atoms with van der Waals surface area (Å²) in [6.45, 7) is 8.04. The standard InChI is InChI=1S/C15H24FN3O/c1-5-19(7-6-18(4)10-14(17)20)15-12(3)8-11(2)9-13(15)16/h8-9H,5-7,10H2,1-4H3,(H2,17,20). The monoisotopic (exact) mass is 281 g/mol. The van der Waals surface area contributed by atoms with Crippen molar-refractivity contribution in [1.29, 1.82) is 0 Å². The van der Waals surface area contributed by atoms with Gasteiger partial charge in [-0.25, -0.2) is 4.39 Å². The zero-order valence-corrected chi connectivity index (χ0v) is 12.7. The van der Waals surface area contributed by atoms with Crippen LogP contribution in [0.1, 0.15) is 18.1 Å². The second kappa shape index (κ2) is 7.24. The van der Waals surface area contributed by atoms with E-state index >= 15 is 0 Å². The first kappa shape index (κ1) is 16.4. The van der Waals surface area contributed by atoms with Crippen molar-refractivity contribution in [1.82, 2.24) is 4.90 Å². The van der Waals surface area contributed by atoms with Gasteiger partial charge in [0.1, 0.15) is 5.82 Å². The molecule has 0 bridgehead atoms. The Labute approximate surface area is 120 Å². The number of primary amides is 1. The number of carbonyl (C=O) groups excluding carboxylic acids is 1. The van der Waals surface area contributed by atoms with Crippen molar-refractivity contribution in [3.63, 3.8) is 0 Å². The second-order valence-electron chi connectivity index (χ2n) is 5.20. The number of hydrogen-bond donors (Lipinski definition) is 1. The molecule has 0 saturated heterocycles. The van der Waals surface area contributed by atoms with Gasteiger partial charge in [-0.3, -0.25) is 9.69 Å². The lowest BCUT2D eigenvalue weighted by Crippen LogP contribution is -2.38. The van der Waals surface area contributed by atoms with Crippen molar-refractivity contribution in [2.45, 2.75) is 20.8 Å². The summed E-state index contributed by atoms with van der Waals surface area (Å²) in [5.41, 5.74) is 7.65. The Kier molecular flexibility index (Phi) is 5.95. The van der Waals surface area contributed by atoms with E-state index in [4.69, 9.17) is 5.73 Å². The minimum Gasteiger partial charge on any atom is -0.369 e. The van der Waals surface area contributed by atoms with Gasteiger partial charge in [0.05, 0.1) is 12.2 Å². The number of rotatable bonds is 7. The van der Waals surface area contributed by atoms with Gasteiger partial charge < -0.3 is 10.6 Å². The number of benzene rings is 1.